The molecule has 0 aliphatic carbocycles. The van der Waals surface area contributed by atoms with E-state index in [4.69, 9.17) is 0 Å². The normalized spacial score (nSPS) is 15.4. The first-order chi connectivity index (χ1) is 3.92. The van der Waals surface area contributed by atoms with E-state index in [0.29, 0.717) is 6.42 Å². The van der Waals surface area contributed by atoms with Gasteiger partial charge in [-0.2, -0.15) is 12.6 Å². The van der Waals surface area contributed by atoms with Crippen molar-refractivity contribution in [2.24, 2.45) is 0 Å². The Labute approximate surface area is 60.6 Å². The van der Waals surface area contributed by atoms with E-state index in [2.05, 4.69) is 12.6 Å². The van der Waals surface area contributed by atoms with Crippen LogP contribution in [0.2, 0.25) is 0 Å². The van der Waals surface area contributed by atoms with Gasteiger partial charge in [0, 0.05) is 5.75 Å². The fraction of sp³-hybridized carbons (Fsp3) is 1.00. The van der Waals surface area contributed by atoms with Crippen LogP contribution in [0, 0.1) is 0 Å². The van der Waals surface area contributed by atoms with E-state index in [-0.39, 0.29) is 11.0 Å². The Hall–Kier alpha value is 0.260. The number of hydrogen-bond acceptors (Lipinski definition) is 4. The van der Waals surface area contributed by atoms with Gasteiger partial charge in [0.1, 0.15) is 0 Å². The zero-order valence-corrected chi connectivity index (χ0v) is 6.78. The molecule has 0 spiro atoms. The van der Waals surface area contributed by atoms with Crippen LogP contribution >= 0.6 is 12.6 Å². The van der Waals surface area contributed by atoms with Crippen LogP contribution in [0.25, 0.3) is 0 Å². The van der Waals surface area contributed by atoms with Crippen molar-refractivity contribution in [2.75, 3.05) is 5.75 Å². The first-order valence-electron chi connectivity index (χ1n) is 2.53. The molecule has 9 heavy (non-hydrogen) atoms. The Morgan fingerprint density at radius 1 is 1.67 bits per heavy atom. The predicted molar refractivity (Wildman–Crippen MR) is 37.6 cm³/mol. The van der Waals surface area contributed by atoms with Gasteiger partial charge in [0.15, 0.2) is 0 Å². The van der Waals surface area contributed by atoms with Crippen LogP contribution < -0.4 is 0 Å². The fourth-order valence-corrected chi connectivity index (χ4v) is 1.26. The van der Waals surface area contributed by atoms with E-state index in [1.54, 1.807) is 6.92 Å². The SMILES string of the molecule is CC(S)CCS(=O)(=O)[O-]. The van der Waals surface area contributed by atoms with Crippen molar-refractivity contribution in [1.82, 2.24) is 0 Å². The first kappa shape index (κ1) is 9.26. The summed E-state index contributed by atoms with van der Waals surface area (Å²) in [5.74, 6) is -0.308. The highest BCUT2D eigenvalue weighted by Crippen LogP contribution is 2.00. The Kier molecular flexibility index (Phi) is 3.53. The quantitative estimate of drug-likeness (QED) is 0.486. The number of thiol groups is 1. The van der Waals surface area contributed by atoms with Gasteiger partial charge >= 0.3 is 0 Å². The Balaban J connectivity index is 3.53. The average Bonchev–Trinajstić information content (AvgIpc) is 1.59. The van der Waals surface area contributed by atoms with Gasteiger partial charge in [-0.25, -0.2) is 8.42 Å². The second kappa shape index (κ2) is 3.43. The maximum Gasteiger partial charge on any atom is 0.0946 e. The van der Waals surface area contributed by atoms with Crippen LogP contribution in [-0.2, 0) is 10.1 Å². The lowest BCUT2D eigenvalue weighted by atomic mass is 10.4. The highest BCUT2D eigenvalue weighted by Gasteiger charge is 1.98. The van der Waals surface area contributed by atoms with Crippen molar-refractivity contribution in [3.8, 4) is 0 Å². The summed E-state index contributed by atoms with van der Waals surface area (Å²) >= 11 is 3.91. The van der Waals surface area contributed by atoms with Crippen LogP contribution in [0.1, 0.15) is 13.3 Å². The maximum atomic E-state index is 9.95. The summed E-state index contributed by atoms with van der Waals surface area (Å²) in [5.41, 5.74) is 0. The van der Waals surface area contributed by atoms with E-state index >= 15 is 0 Å². The third kappa shape index (κ3) is 8.26. The standard InChI is InChI=1S/C4H10O3S2/c1-4(8)2-3-9(5,6)7/h4,8H,2-3H2,1H3,(H,5,6,7)/p-1. The molecular weight excluding hydrogens is 160 g/mol. The maximum absolute atomic E-state index is 9.95. The van der Waals surface area contributed by atoms with E-state index in [9.17, 15) is 13.0 Å². The van der Waals surface area contributed by atoms with Gasteiger partial charge in [0.2, 0.25) is 0 Å². The molecule has 3 nitrogen and oxygen atoms in total. The van der Waals surface area contributed by atoms with Crippen molar-refractivity contribution in [1.29, 1.82) is 0 Å². The molecule has 0 aliphatic rings. The zero-order chi connectivity index (χ0) is 7.49. The first-order valence-corrected chi connectivity index (χ1v) is 4.63. The fourth-order valence-electron chi connectivity index (χ4n) is 0.315. The lowest BCUT2D eigenvalue weighted by molar-refractivity contribution is 0.461. The van der Waals surface area contributed by atoms with Crippen LogP contribution in [0.15, 0.2) is 0 Å². The molecule has 0 rings (SSSR count). The molecule has 1 atom stereocenters. The summed E-state index contributed by atoms with van der Waals surface area (Å²) in [6.45, 7) is 1.74. The van der Waals surface area contributed by atoms with Gasteiger partial charge in [-0.3, -0.25) is 0 Å². The molecule has 0 saturated heterocycles. The second-order valence-corrected chi connectivity index (χ2v) is 4.30. The molecular formula is C4H9O3S2-. The molecule has 0 heterocycles. The molecule has 1 unspecified atom stereocenters. The molecule has 56 valence electrons. The van der Waals surface area contributed by atoms with Crippen molar-refractivity contribution in [3.05, 3.63) is 0 Å². The van der Waals surface area contributed by atoms with Gasteiger partial charge < -0.3 is 4.55 Å². The van der Waals surface area contributed by atoms with E-state index in [1.165, 1.54) is 0 Å². The molecule has 0 radical (unpaired) electrons. The molecule has 0 bridgehead atoms. The highest BCUT2D eigenvalue weighted by atomic mass is 32.2. The molecule has 0 aliphatic heterocycles. The van der Waals surface area contributed by atoms with Gasteiger partial charge in [-0.05, 0) is 11.7 Å². The van der Waals surface area contributed by atoms with Crippen LogP contribution in [-0.4, -0.2) is 24.0 Å². The monoisotopic (exact) mass is 169 g/mol. The number of rotatable bonds is 3. The molecule has 0 saturated carbocycles. The summed E-state index contributed by atoms with van der Waals surface area (Å²) in [7, 11) is -4.02. The minimum absolute atomic E-state index is 0.0197. The third-order valence-corrected chi connectivity index (χ3v) is 1.78. The lowest BCUT2D eigenvalue weighted by Gasteiger charge is -2.06. The Bertz CT molecular complexity index is 159. The van der Waals surface area contributed by atoms with E-state index in [0.717, 1.165) is 0 Å². The molecule has 0 fully saturated rings. The Morgan fingerprint density at radius 2 is 2.11 bits per heavy atom. The van der Waals surface area contributed by atoms with Crippen molar-refractivity contribution >= 4 is 22.7 Å². The summed E-state index contributed by atoms with van der Waals surface area (Å²) in [5, 5.41) is -0.0197. The van der Waals surface area contributed by atoms with Crippen LogP contribution in [0.5, 0.6) is 0 Å². The lowest BCUT2D eigenvalue weighted by Crippen LogP contribution is -2.07. The van der Waals surface area contributed by atoms with Crippen molar-refractivity contribution in [3.63, 3.8) is 0 Å². The van der Waals surface area contributed by atoms with Crippen LogP contribution in [0.4, 0.5) is 0 Å². The topological polar surface area (TPSA) is 57.2 Å². The molecule has 0 aromatic carbocycles. The molecule has 0 aromatic heterocycles. The van der Waals surface area contributed by atoms with Gasteiger partial charge in [-0.1, -0.05) is 6.92 Å². The summed E-state index contributed by atoms with van der Waals surface area (Å²) in [6.07, 6.45) is 0.328. The molecule has 0 aromatic rings. The number of hydrogen-bond donors (Lipinski definition) is 1. The summed E-state index contributed by atoms with van der Waals surface area (Å²) < 4.78 is 29.8. The molecule has 5 heteroatoms. The third-order valence-electron chi connectivity index (χ3n) is 0.786. The summed E-state index contributed by atoms with van der Waals surface area (Å²) in [4.78, 5) is 0. The summed E-state index contributed by atoms with van der Waals surface area (Å²) in [6, 6.07) is 0. The second-order valence-electron chi connectivity index (χ2n) is 1.90. The predicted octanol–water partition coefficient (Wildman–Crippen LogP) is 0.240. The van der Waals surface area contributed by atoms with Crippen molar-refractivity contribution < 1.29 is 13.0 Å². The van der Waals surface area contributed by atoms with Gasteiger partial charge in [0.25, 0.3) is 0 Å². The Morgan fingerprint density at radius 3 is 2.22 bits per heavy atom. The van der Waals surface area contributed by atoms with Gasteiger partial charge in [0.05, 0.1) is 10.1 Å². The average molecular weight is 169 g/mol. The minimum Gasteiger partial charge on any atom is -0.748 e. The molecule has 0 N–H and O–H groups in total. The molecule has 0 amide bonds. The smallest absolute Gasteiger partial charge is 0.0946 e. The van der Waals surface area contributed by atoms with Gasteiger partial charge in [-0.15, -0.1) is 0 Å². The largest absolute Gasteiger partial charge is 0.748 e. The van der Waals surface area contributed by atoms with E-state index < -0.39 is 10.1 Å². The minimum atomic E-state index is -4.02. The van der Waals surface area contributed by atoms with Crippen molar-refractivity contribution in [2.45, 2.75) is 18.6 Å². The zero-order valence-electron chi connectivity index (χ0n) is 5.07. The van der Waals surface area contributed by atoms with Crippen LogP contribution in [0.3, 0.4) is 0 Å². The van der Waals surface area contributed by atoms with E-state index in [1.807, 2.05) is 0 Å². The highest BCUT2D eigenvalue weighted by molar-refractivity contribution is 7.85.